The molecular formula is C28H27N5O3. The van der Waals surface area contributed by atoms with Gasteiger partial charge in [0.25, 0.3) is 0 Å². The lowest BCUT2D eigenvalue weighted by Crippen LogP contribution is -1.98. The lowest BCUT2D eigenvalue weighted by Gasteiger charge is -2.10. The summed E-state index contributed by atoms with van der Waals surface area (Å²) >= 11 is 0. The molecule has 0 aliphatic heterocycles. The topological polar surface area (TPSA) is 98.4 Å². The number of hydrogen-bond acceptors (Lipinski definition) is 7. The van der Waals surface area contributed by atoms with E-state index in [0.29, 0.717) is 34.4 Å². The normalized spacial score (nSPS) is 14.8. The van der Waals surface area contributed by atoms with Gasteiger partial charge in [0.2, 0.25) is 5.88 Å². The van der Waals surface area contributed by atoms with Crippen LogP contribution in [0.4, 0.5) is 0 Å². The molecule has 0 fully saturated rings. The molecule has 36 heavy (non-hydrogen) atoms. The Morgan fingerprint density at radius 2 is 2.00 bits per heavy atom. The Morgan fingerprint density at radius 3 is 2.67 bits per heavy atom. The average molecular weight is 482 g/mol. The van der Waals surface area contributed by atoms with E-state index < -0.39 is 0 Å². The SMILES string of the molecule is C=C(/C=C(\N=C1C=CC=CC1)OC)c1nc(C)nc2[nH]c3cc(-c4c(C)noc4C)c(OC)cc3c12. The molecule has 0 bridgehead atoms. The summed E-state index contributed by atoms with van der Waals surface area (Å²) in [6.07, 6.45) is 10.5. The molecule has 0 atom stereocenters. The van der Waals surface area contributed by atoms with Crippen molar-refractivity contribution in [2.24, 2.45) is 4.99 Å². The van der Waals surface area contributed by atoms with Crippen LogP contribution in [0.3, 0.4) is 0 Å². The lowest BCUT2D eigenvalue weighted by atomic mass is 10.00. The second-order valence-electron chi connectivity index (χ2n) is 8.57. The second kappa shape index (κ2) is 9.30. The van der Waals surface area contributed by atoms with Gasteiger partial charge in [-0.1, -0.05) is 30.0 Å². The summed E-state index contributed by atoms with van der Waals surface area (Å²) in [4.78, 5) is 17.5. The van der Waals surface area contributed by atoms with Crippen LogP contribution in [-0.2, 0) is 4.74 Å². The minimum Gasteiger partial charge on any atom is -0.496 e. The smallest absolute Gasteiger partial charge is 0.213 e. The zero-order chi connectivity index (χ0) is 25.4. The van der Waals surface area contributed by atoms with Gasteiger partial charge in [-0.05, 0) is 44.6 Å². The van der Waals surface area contributed by atoms with Gasteiger partial charge in [0, 0.05) is 34.7 Å². The number of rotatable bonds is 6. The monoisotopic (exact) mass is 481 g/mol. The molecular weight excluding hydrogens is 454 g/mol. The van der Waals surface area contributed by atoms with Gasteiger partial charge >= 0.3 is 0 Å². The van der Waals surface area contributed by atoms with Crippen LogP contribution >= 0.6 is 0 Å². The first-order chi connectivity index (χ1) is 17.4. The molecule has 8 nitrogen and oxygen atoms in total. The molecule has 1 aromatic carbocycles. The predicted molar refractivity (Wildman–Crippen MR) is 142 cm³/mol. The summed E-state index contributed by atoms with van der Waals surface area (Å²) in [6, 6.07) is 4.03. The standard InChI is InChI=1S/C28H27N5O3/c1-15(12-24(35-6)31-19-10-8-7-9-11-19)27-26-20-14-23(34-5)21(25-16(2)33-36-17(25)3)13-22(20)32-28(26)30-18(4)29-27/h7-10,12-14H,1,11H2,2-6H3,(H,29,30,32)/b24-12+,31-19?. The fourth-order valence-corrected chi connectivity index (χ4v) is 4.48. The van der Waals surface area contributed by atoms with Crippen LogP contribution in [0.15, 0.2) is 64.5 Å². The molecule has 3 heterocycles. The fraction of sp³-hybridized carbons (Fsp3) is 0.214. The van der Waals surface area contributed by atoms with Crippen molar-refractivity contribution in [2.75, 3.05) is 14.2 Å². The number of aromatic nitrogens is 4. The van der Waals surface area contributed by atoms with Crippen LogP contribution in [0, 0.1) is 20.8 Å². The number of benzene rings is 1. The average Bonchev–Trinajstić information content (AvgIpc) is 3.40. The molecule has 8 heteroatoms. The minimum absolute atomic E-state index is 0.456. The molecule has 0 saturated heterocycles. The third kappa shape index (κ3) is 4.11. The number of allylic oxidation sites excluding steroid dienone is 6. The number of aryl methyl sites for hydroxylation is 3. The van der Waals surface area contributed by atoms with E-state index in [4.69, 9.17) is 19.0 Å². The van der Waals surface area contributed by atoms with E-state index in [2.05, 4.69) is 32.8 Å². The maximum atomic E-state index is 5.79. The first-order valence-electron chi connectivity index (χ1n) is 11.6. The summed E-state index contributed by atoms with van der Waals surface area (Å²) in [5, 5.41) is 5.88. The van der Waals surface area contributed by atoms with Crippen molar-refractivity contribution in [3.63, 3.8) is 0 Å². The second-order valence-corrected chi connectivity index (χ2v) is 8.57. The minimum atomic E-state index is 0.456. The highest BCUT2D eigenvalue weighted by molar-refractivity contribution is 6.12. The van der Waals surface area contributed by atoms with Gasteiger partial charge in [-0.25, -0.2) is 15.0 Å². The van der Waals surface area contributed by atoms with E-state index in [1.54, 1.807) is 20.3 Å². The fourth-order valence-electron chi connectivity index (χ4n) is 4.48. The lowest BCUT2D eigenvalue weighted by molar-refractivity contribution is 0.289. The van der Waals surface area contributed by atoms with Crippen molar-refractivity contribution in [2.45, 2.75) is 27.2 Å². The number of hydrogen-bond donors (Lipinski definition) is 1. The maximum Gasteiger partial charge on any atom is 0.213 e. The molecule has 182 valence electrons. The highest BCUT2D eigenvalue weighted by Crippen LogP contribution is 2.40. The van der Waals surface area contributed by atoms with Crippen molar-refractivity contribution in [1.29, 1.82) is 0 Å². The number of methoxy groups -OCH3 is 2. The van der Waals surface area contributed by atoms with Crippen molar-refractivity contribution in [3.8, 4) is 16.9 Å². The van der Waals surface area contributed by atoms with Crippen LogP contribution < -0.4 is 4.74 Å². The van der Waals surface area contributed by atoms with Crippen LogP contribution in [0.1, 0.15) is 29.4 Å². The Morgan fingerprint density at radius 1 is 1.17 bits per heavy atom. The summed E-state index contributed by atoms with van der Waals surface area (Å²) in [6.45, 7) is 9.96. The first kappa shape index (κ1) is 23.3. The van der Waals surface area contributed by atoms with E-state index in [9.17, 15) is 0 Å². The zero-order valence-corrected chi connectivity index (χ0v) is 21.0. The third-order valence-electron chi connectivity index (χ3n) is 6.11. The van der Waals surface area contributed by atoms with Gasteiger partial charge in [-0.3, -0.25) is 0 Å². The maximum absolute atomic E-state index is 5.79. The number of nitrogens with one attached hydrogen (secondary N) is 1. The Labute approximate surface area is 208 Å². The van der Waals surface area contributed by atoms with Crippen molar-refractivity contribution in [3.05, 3.63) is 77.9 Å². The molecule has 0 spiro atoms. The van der Waals surface area contributed by atoms with Gasteiger partial charge in [-0.2, -0.15) is 0 Å². The van der Waals surface area contributed by atoms with Crippen LogP contribution in [0.25, 0.3) is 38.6 Å². The molecule has 0 amide bonds. The van der Waals surface area contributed by atoms with Crippen LogP contribution in [0.5, 0.6) is 5.75 Å². The van der Waals surface area contributed by atoms with E-state index in [1.807, 2.05) is 51.1 Å². The molecule has 1 aliphatic rings. The van der Waals surface area contributed by atoms with Gasteiger partial charge in [0.1, 0.15) is 23.0 Å². The first-order valence-corrected chi connectivity index (χ1v) is 11.6. The Bertz CT molecular complexity index is 1610. The number of nitrogens with zero attached hydrogens (tertiary/aromatic N) is 4. The van der Waals surface area contributed by atoms with Crippen molar-refractivity contribution >= 4 is 33.2 Å². The molecule has 0 unspecified atom stereocenters. The highest BCUT2D eigenvalue weighted by Gasteiger charge is 2.21. The summed E-state index contributed by atoms with van der Waals surface area (Å²) < 4.78 is 16.7. The van der Waals surface area contributed by atoms with Gasteiger partial charge < -0.3 is 19.0 Å². The molecule has 4 aromatic rings. The van der Waals surface area contributed by atoms with Crippen LogP contribution in [-0.4, -0.2) is 40.0 Å². The summed E-state index contributed by atoms with van der Waals surface area (Å²) in [5.41, 5.74) is 6.49. The summed E-state index contributed by atoms with van der Waals surface area (Å²) in [5.74, 6) is 2.51. The van der Waals surface area contributed by atoms with Gasteiger partial charge in [0.05, 0.1) is 36.6 Å². The Kier molecular flexibility index (Phi) is 6.01. The number of ether oxygens (including phenoxy) is 2. The predicted octanol–water partition coefficient (Wildman–Crippen LogP) is 6.16. The molecule has 0 saturated carbocycles. The molecule has 0 radical (unpaired) electrons. The molecule has 1 aliphatic carbocycles. The molecule has 3 aromatic heterocycles. The van der Waals surface area contributed by atoms with E-state index in [1.165, 1.54) is 0 Å². The van der Waals surface area contributed by atoms with E-state index >= 15 is 0 Å². The zero-order valence-electron chi connectivity index (χ0n) is 21.0. The van der Waals surface area contributed by atoms with Crippen molar-refractivity contribution in [1.82, 2.24) is 20.1 Å². The van der Waals surface area contributed by atoms with E-state index in [0.717, 1.165) is 51.0 Å². The van der Waals surface area contributed by atoms with Crippen LogP contribution in [0.2, 0.25) is 0 Å². The number of H-pyrrole nitrogens is 1. The number of fused-ring (bicyclic) bond motifs is 3. The van der Waals surface area contributed by atoms with Gasteiger partial charge in [-0.15, -0.1) is 0 Å². The number of aliphatic imine (C=N–C) groups is 1. The van der Waals surface area contributed by atoms with Gasteiger partial charge in [0.15, 0.2) is 0 Å². The van der Waals surface area contributed by atoms with E-state index in [-0.39, 0.29) is 0 Å². The third-order valence-corrected chi connectivity index (χ3v) is 6.11. The largest absolute Gasteiger partial charge is 0.496 e. The Hall–Kier alpha value is -4.46. The quantitative estimate of drug-likeness (QED) is 0.262. The Balaban J connectivity index is 1.68. The molecule has 1 N–H and O–H groups in total. The van der Waals surface area contributed by atoms with Crippen molar-refractivity contribution < 1.29 is 14.0 Å². The number of aromatic amines is 1. The molecule has 5 rings (SSSR count). The highest BCUT2D eigenvalue weighted by atomic mass is 16.5. The summed E-state index contributed by atoms with van der Waals surface area (Å²) in [7, 11) is 3.25.